The fourth-order valence-electron chi connectivity index (χ4n) is 1.81. The highest BCUT2D eigenvalue weighted by Crippen LogP contribution is 2.31. The van der Waals surface area contributed by atoms with Crippen molar-refractivity contribution < 1.29 is 9.18 Å². The number of piperidine rings is 1. The maximum atomic E-state index is 14.2. The van der Waals surface area contributed by atoms with Gasteiger partial charge in [-0.15, -0.1) is 0 Å². The summed E-state index contributed by atoms with van der Waals surface area (Å²) < 4.78 is 14.2. The van der Waals surface area contributed by atoms with Crippen molar-refractivity contribution in [3.05, 3.63) is 24.0 Å². The van der Waals surface area contributed by atoms with Crippen molar-refractivity contribution in [2.24, 2.45) is 11.5 Å². The number of hydrogen-bond donors (Lipinski definition) is 2. The van der Waals surface area contributed by atoms with Gasteiger partial charge in [0.25, 0.3) is 0 Å². The summed E-state index contributed by atoms with van der Waals surface area (Å²) in [6.45, 7) is 0.917. The lowest BCUT2D eigenvalue weighted by molar-refractivity contribution is -0.120. The number of halogens is 1. The molecule has 1 rings (SSSR count). The molecule has 4 nitrogen and oxygen atoms in total. The zero-order valence-electron chi connectivity index (χ0n) is 9.23. The van der Waals surface area contributed by atoms with Crippen LogP contribution in [-0.2, 0) is 4.79 Å². The number of amides is 1. The number of carbonyl (C=O) groups is 1. The highest BCUT2D eigenvalue weighted by molar-refractivity contribution is 5.47. The molecule has 0 aromatic heterocycles. The van der Waals surface area contributed by atoms with Crippen molar-refractivity contribution in [3.63, 3.8) is 0 Å². The highest BCUT2D eigenvalue weighted by Gasteiger charge is 2.34. The van der Waals surface area contributed by atoms with Gasteiger partial charge in [0.1, 0.15) is 5.67 Å². The molecule has 0 aromatic carbocycles. The first-order valence-corrected chi connectivity index (χ1v) is 5.31. The molecule has 16 heavy (non-hydrogen) atoms. The van der Waals surface area contributed by atoms with Crippen LogP contribution < -0.4 is 11.5 Å². The van der Waals surface area contributed by atoms with Gasteiger partial charge in [0.15, 0.2) is 0 Å². The van der Waals surface area contributed by atoms with Crippen LogP contribution in [0.2, 0.25) is 0 Å². The third-order valence-electron chi connectivity index (χ3n) is 2.79. The summed E-state index contributed by atoms with van der Waals surface area (Å²) in [5, 5.41) is 0. The zero-order valence-corrected chi connectivity index (χ0v) is 9.23. The summed E-state index contributed by atoms with van der Waals surface area (Å²) in [4.78, 5) is 12.1. The van der Waals surface area contributed by atoms with Crippen LogP contribution in [0.5, 0.6) is 0 Å². The average molecular weight is 227 g/mol. The van der Waals surface area contributed by atoms with E-state index in [0.717, 1.165) is 6.41 Å². The van der Waals surface area contributed by atoms with E-state index in [1.54, 1.807) is 17.1 Å². The van der Waals surface area contributed by atoms with E-state index in [9.17, 15) is 9.18 Å². The highest BCUT2D eigenvalue weighted by atomic mass is 19.1. The van der Waals surface area contributed by atoms with Gasteiger partial charge in [-0.05, 0) is 31.2 Å². The van der Waals surface area contributed by atoms with Gasteiger partial charge >= 0.3 is 0 Å². The molecule has 0 spiro atoms. The van der Waals surface area contributed by atoms with Crippen LogP contribution in [0.15, 0.2) is 24.0 Å². The summed E-state index contributed by atoms with van der Waals surface area (Å²) in [5.41, 5.74) is 10.0. The van der Waals surface area contributed by atoms with Gasteiger partial charge in [-0.25, -0.2) is 4.39 Å². The summed E-state index contributed by atoms with van der Waals surface area (Å²) >= 11 is 0. The van der Waals surface area contributed by atoms with Crippen molar-refractivity contribution in [1.82, 2.24) is 4.90 Å². The second kappa shape index (κ2) is 5.53. The van der Waals surface area contributed by atoms with Gasteiger partial charge in [0.2, 0.25) is 6.41 Å². The van der Waals surface area contributed by atoms with E-state index in [1.165, 1.54) is 6.20 Å². The quantitative estimate of drug-likeness (QED) is 0.547. The van der Waals surface area contributed by atoms with E-state index in [2.05, 4.69) is 0 Å². The second-order valence-electron chi connectivity index (χ2n) is 4.10. The van der Waals surface area contributed by atoms with E-state index in [4.69, 9.17) is 11.5 Å². The predicted octanol–water partition coefficient (Wildman–Crippen LogP) is 0.652. The smallest absolute Gasteiger partial charge is 0.209 e. The molecule has 1 fully saturated rings. The number of rotatable bonds is 4. The minimum atomic E-state index is -1.29. The first-order valence-electron chi connectivity index (χ1n) is 5.31. The van der Waals surface area contributed by atoms with Gasteiger partial charge in [-0.1, -0.05) is 0 Å². The lowest BCUT2D eigenvalue weighted by atomic mass is 9.89. The molecule has 1 aliphatic rings. The number of nitrogens with zero attached hydrogens (tertiary/aromatic N) is 1. The van der Waals surface area contributed by atoms with E-state index < -0.39 is 5.67 Å². The molecule has 90 valence electrons. The van der Waals surface area contributed by atoms with Crippen molar-refractivity contribution in [2.75, 3.05) is 13.1 Å². The average Bonchev–Trinajstić information content (AvgIpc) is 2.27. The summed E-state index contributed by atoms with van der Waals surface area (Å²) in [7, 11) is 0. The van der Waals surface area contributed by atoms with E-state index >= 15 is 0 Å². The number of nitrogens with two attached hydrogens (primary N) is 2. The summed E-state index contributed by atoms with van der Waals surface area (Å²) in [6, 6.07) is 0. The molecule has 5 heteroatoms. The molecule has 1 amide bonds. The van der Waals surface area contributed by atoms with Crippen LogP contribution in [0, 0.1) is 0 Å². The minimum absolute atomic E-state index is 0.198. The largest absolute Gasteiger partial charge is 0.405 e. The Morgan fingerprint density at radius 3 is 2.56 bits per heavy atom. The third kappa shape index (κ3) is 3.56. The predicted molar refractivity (Wildman–Crippen MR) is 60.9 cm³/mol. The Kier molecular flexibility index (Phi) is 4.34. The van der Waals surface area contributed by atoms with E-state index in [1.807, 2.05) is 0 Å². The molecule has 0 radical (unpaired) electrons. The Morgan fingerprint density at radius 2 is 2.06 bits per heavy atom. The molecule has 0 aliphatic carbocycles. The molecule has 0 saturated carbocycles. The summed E-state index contributed by atoms with van der Waals surface area (Å²) in [5.74, 6) is 0. The van der Waals surface area contributed by atoms with Crippen LogP contribution in [0.25, 0.3) is 0 Å². The van der Waals surface area contributed by atoms with Crippen LogP contribution in [-0.4, -0.2) is 30.1 Å². The lowest BCUT2D eigenvalue weighted by Crippen LogP contribution is -2.41. The fourth-order valence-corrected chi connectivity index (χ4v) is 1.81. The normalized spacial score (nSPS) is 21.3. The molecule has 0 atom stereocenters. The van der Waals surface area contributed by atoms with Gasteiger partial charge in [-0.3, -0.25) is 4.79 Å². The lowest BCUT2D eigenvalue weighted by Gasteiger charge is -2.34. The Balaban J connectivity index is 2.50. The van der Waals surface area contributed by atoms with Crippen molar-refractivity contribution >= 4 is 6.41 Å². The number of hydrogen-bond acceptors (Lipinski definition) is 3. The minimum Gasteiger partial charge on any atom is -0.405 e. The monoisotopic (exact) mass is 227 g/mol. The van der Waals surface area contributed by atoms with Gasteiger partial charge in [-0.2, -0.15) is 0 Å². The van der Waals surface area contributed by atoms with Crippen LogP contribution >= 0.6 is 0 Å². The molecule has 1 heterocycles. The standard InChI is InChI=1S/C11H18FN3O/c12-11(8-10(14)2-1-5-13)3-6-15(9-16)7-4-11/h1-2,5,9H,3-4,6-8,13-14H2/b5-1-,10-2-. The third-order valence-corrected chi connectivity index (χ3v) is 2.79. The molecule has 1 aliphatic heterocycles. The number of likely N-dealkylation sites (tertiary alicyclic amines) is 1. The first kappa shape index (κ1) is 12.5. The SMILES string of the molecule is N/C=C\C=C(/N)CC1(F)CCN(C=O)CC1. The Bertz CT molecular complexity index is 294. The number of allylic oxidation sites excluding steroid dienone is 3. The Hall–Kier alpha value is -1.52. The first-order chi connectivity index (χ1) is 7.59. The molecular formula is C11H18FN3O. The molecule has 1 saturated heterocycles. The maximum Gasteiger partial charge on any atom is 0.209 e. The number of alkyl halides is 1. The second-order valence-corrected chi connectivity index (χ2v) is 4.10. The molecular weight excluding hydrogens is 209 g/mol. The van der Waals surface area contributed by atoms with Crippen molar-refractivity contribution in [3.8, 4) is 0 Å². The zero-order chi connectivity index (χ0) is 12.0. The van der Waals surface area contributed by atoms with Crippen LogP contribution in [0.1, 0.15) is 19.3 Å². The van der Waals surface area contributed by atoms with Gasteiger partial charge in [0, 0.05) is 25.2 Å². The van der Waals surface area contributed by atoms with E-state index in [0.29, 0.717) is 31.6 Å². The van der Waals surface area contributed by atoms with Crippen LogP contribution in [0.3, 0.4) is 0 Å². The van der Waals surface area contributed by atoms with Gasteiger partial charge in [0.05, 0.1) is 0 Å². The molecule has 4 N–H and O–H groups in total. The van der Waals surface area contributed by atoms with Crippen molar-refractivity contribution in [2.45, 2.75) is 24.9 Å². The maximum absolute atomic E-state index is 14.2. The number of carbonyl (C=O) groups excluding carboxylic acids is 1. The van der Waals surface area contributed by atoms with Crippen LogP contribution in [0.4, 0.5) is 4.39 Å². The van der Waals surface area contributed by atoms with Gasteiger partial charge < -0.3 is 16.4 Å². The van der Waals surface area contributed by atoms with E-state index in [-0.39, 0.29) is 6.42 Å². The summed E-state index contributed by atoms with van der Waals surface area (Å²) in [6.07, 6.45) is 6.18. The molecule has 0 unspecified atom stereocenters. The van der Waals surface area contributed by atoms with Crippen molar-refractivity contribution in [1.29, 1.82) is 0 Å². The topological polar surface area (TPSA) is 72.3 Å². The fraction of sp³-hybridized carbons (Fsp3) is 0.545. The Labute approximate surface area is 94.8 Å². The molecule has 0 bridgehead atoms. The molecule has 0 aromatic rings. The Morgan fingerprint density at radius 1 is 1.44 bits per heavy atom.